The van der Waals surface area contributed by atoms with Gasteiger partial charge in [-0.2, -0.15) is 0 Å². The molecule has 0 bridgehead atoms. The van der Waals surface area contributed by atoms with Crippen LogP contribution < -0.4 is 21.3 Å². The van der Waals surface area contributed by atoms with Gasteiger partial charge in [-0.1, -0.05) is 80.4 Å². The average molecular weight is 909 g/mol. The lowest BCUT2D eigenvalue weighted by Gasteiger charge is -2.30. The van der Waals surface area contributed by atoms with Crippen LogP contribution in [0.4, 0.5) is 16.2 Å². The monoisotopic (exact) mass is 909 g/mol. The summed E-state index contributed by atoms with van der Waals surface area (Å²) in [5.41, 5.74) is 8.15. The van der Waals surface area contributed by atoms with Crippen molar-refractivity contribution in [3.05, 3.63) is 93.1 Å². The summed E-state index contributed by atoms with van der Waals surface area (Å²) in [5, 5.41) is 11.7. The number of nitrogens with zero attached hydrogens (tertiary/aromatic N) is 2. The standard InChI is InChI=1S/C54H80N6O6/c1-33(2)22-42-28-40(29-43(57-42)23-34(3)4)52(62)59-46-26-39(27-47(32-46)60-53(63)41-30-44(24-35(5)6)58-45(31-41)25-36(7)8)51(61)55-18-20-65-21-19-56-54(64)66-48-14-13-15-49(37(9)10)50(17-16-48)38(11)12/h26-37,48-49H,13-25H2,1-12H3,(H,55,61)(H,56,64)(H,59,62)(H,60,63). The molecule has 12 nitrogen and oxygen atoms in total. The highest BCUT2D eigenvalue weighted by Gasteiger charge is 2.26. The molecule has 1 saturated carbocycles. The molecule has 3 aromatic rings. The first-order valence-corrected chi connectivity index (χ1v) is 24.5. The highest BCUT2D eigenvalue weighted by Crippen LogP contribution is 2.35. The summed E-state index contributed by atoms with van der Waals surface area (Å²) in [6.07, 6.45) is 7.12. The number of pyridine rings is 2. The summed E-state index contributed by atoms with van der Waals surface area (Å²) in [6, 6.07) is 12.1. The number of ether oxygens (including phenoxy) is 2. The number of rotatable bonds is 21. The third kappa shape index (κ3) is 18.3. The first-order valence-electron chi connectivity index (χ1n) is 24.5. The van der Waals surface area contributed by atoms with E-state index in [9.17, 15) is 19.2 Å². The number of anilines is 2. The molecular formula is C54H80N6O6. The Morgan fingerprint density at radius 1 is 0.576 bits per heavy atom. The number of benzene rings is 1. The fourth-order valence-corrected chi connectivity index (χ4v) is 8.68. The molecule has 4 rings (SSSR count). The zero-order valence-corrected chi connectivity index (χ0v) is 42.1. The van der Waals surface area contributed by atoms with E-state index in [1.807, 2.05) is 24.3 Å². The van der Waals surface area contributed by atoms with Gasteiger partial charge in [0.1, 0.15) is 6.10 Å². The maximum Gasteiger partial charge on any atom is 0.407 e. The van der Waals surface area contributed by atoms with Crippen LogP contribution in [0.15, 0.2) is 53.6 Å². The van der Waals surface area contributed by atoms with Gasteiger partial charge in [0.2, 0.25) is 0 Å². The fraction of sp³-hybridized carbons (Fsp3) is 0.593. The van der Waals surface area contributed by atoms with E-state index < -0.39 is 12.0 Å². The van der Waals surface area contributed by atoms with Crippen molar-refractivity contribution in [3.63, 3.8) is 0 Å². The van der Waals surface area contributed by atoms with E-state index in [4.69, 9.17) is 19.4 Å². The molecule has 0 spiro atoms. The van der Waals surface area contributed by atoms with Crippen LogP contribution in [-0.4, -0.2) is 66.2 Å². The minimum absolute atomic E-state index is 0.120. The van der Waals surface area contributed by atoms with Crippen LogP contribution in [-0.2, 0) is 35.2 Å². The van der Waals surface area contributed by atoms with Crippen LogP contribution in [0.5, 0.6) is 0 Å². The molecule has 1 aromatic carbocycles. The summed E-state index contributed by atoms with van der Waals surface area (Å²) >= 11 is 0. The quantitative estimate of drug-likeness (QED) is 0.0607. The lowest BCUT2D eigenvalue weighted by Crippen LogP contribution is -2.33. The number of hydrogen-bond acceptors (Lipinski definition) is 8. The number of amides is 4. The Labute approximate surface area is 395 Å². The minimum atomic E-state index is -0.446. The third-order valence-corrected chi connectivity index (χ3v) is 11.6. The third-order valence-electron chi connectivity index (χ3n) is 11.6. The van der Waals surface area contributed by atoms with Crippen molar-refractivity contribution in [1.29, 1.82) is 0 Å². The molecule has 2 atom stereocenters. The molecule has 1 fully saturated rings. The molecule has 2 unspecified atom stereocenters. The average Bonchev–Trinajstić information content (AvgIpc) is 3.19. The van der Waals surface area contributed by atoms with Crippen LogP contribution in [0, 0.1) is 35.5 Å². The Morgan fingerprint density at radius 2 is 1.02 bits per heavy atom. The maximum absolute atomic E-state index is 13.9. The maximum atomic E-state index is 13.9. The van der Waals surface area contributed by atoms with Gasteiger partial charge < -0.3 is 30.7 Å². The van der Waals surface area contributed by atoms with Gasteiger partial charge in [0.15, 0.2) is 0 Å². The van der Waals surface area contributed by atoms with E-state index in [0.717, 1.165) is 80.6 Å². The first-order chi connectivity index (χ1) is 31.3. The molecule has 12 heteroatoms. The number of hydrogen-bond donors (Lipinski definition) is 4. The first kappa shape index (κ1) is 53.5. The summed E-state index contributed by atoms with van der Waals surface area (Å²) in [6.45, 7) is 26.8. The van der Waals surface area contributed by atoms with Gasteiger partial charge in [-0.05, 0) is 150 Å². The summed E-state index contributed by atoms with van der Waals surface area (Å²) in [7, 11) is 0. The normalized spacial score (nSPS) is 15.5. The second-order valence-electron chi connectivity index (χ2n) is 20.4. The zero-order valence-electron chi connectivity index (χ0n) is 42.1. The Hall–Kier alpha value is -5.10. The van der Waals surface area contributed by atoms with Crippen molar-refractivity contribution in [3.8, 4) is 0 Å². The van der Waals surface area contributed by atoms with Gasteiger partial charge in [0, 0.05) is 63.9 Å². The Balaban J connectivity index is 1.43. The molecule has 362 valence electrons. The van der Waals surface area contributed by atoms with Gasteiger partial charge in [-0.25, -0.2) is 4.79 Å². The van der Waals surface area contributed by atoms with Gasteiger partial charge in [-0.3, -0.25) is 24.4 Å². The van der Waals surface area contributed by atoms with Gasteiger partial charge in [0.25, 0.3) is 17.7 Å². The highest BCUT2D eigenvalue weighted by atomic mass is 16.6. The molecule has 0 saturated heterocycles. The summed E-state index contributed by atoms with van der Waals surface area (Å²) < 4.78 is 11.5. The van der Waals surface area contributed by atoms with Crippen molar-refractivity contribution < 1.29 is 28.7 Å². The van der Waals surface area contributed by atoms with E-state index >= 15 is 0 Å². The van der Waals surface area contributed by atoms with Gasteiger partial charge in [0.05, 0.1) is 13.2 Å². The van der Waals surface area contributed by atoms with Crippen LogP contribution in [0.2, 0.25) is 0 Å². The summed E-state index contributed by atoms with van der Waals surface area (Å²) in [4.78, 5) is 63.9. The topological polar surface area (TPSA) is 161 Å². The Bertz CT molecular complexity index is 1960. The van der Waals surface area contributed by atoms with Crippen LogP contribution in [0.1, 0.15) is 169 Å². The Kier molecular flexibility index (Phi) is 21.3. The minimum Gasteiger partial charge on any atom is -0.446 e. The van der Waals surface area contributed by atoms with E-state index in [2.05, 4.69) is 104 Å². The van der Waals surface area contributed by atoms with E-state index in [0.29, 0.717) is 58.0 Å². The van der Waals surface area contributed by atoms with Gasteiger partial charge >= 0.3 is 6.09 Å². The van der Waals surface area contributed by atoms with E-state index in [1.54, 1.807) is 18.2 Å². The van der Waals surface area contributed by atoms with E-state index in [-0.39, 0.29) is 49.8 Å². The SMILES string of the molecule is CC(C)=C1CCC(OC(=O)NCCOCCNC(=O)c2cc(NC(=O)c3cc(CC(C)C)nc(CC(C)C)c3)cc(NC(=O)c3cc(CC(C)C)nc(CC(C)C)c3)c2)CCCC1C(C)C. The van der Waals surface area contributed by atoms with Crippen molar-refractivity contribution in [2.24, 2.45) is 35.5 Å². The summed E-state index contributed by atoms with van der Waals surface area (Å²) in [5.74, 6) is 1.50. The molecule has 66 heavy (non-hydrogen) atoms. The molecule has 2 heterocycles. The second kappa shape index (κ2) is 26.3. The number of aromatic nitrogens is 2. The number of allylic oxidation sites excluding steroid dienone is 2. The largest absolute Gasteiger partial charge is 0.446 e. The van der Waals surface area contributed by atoms with Crippen LogP contribution in [0.25, 0.3) is 0 Å². The van der Waals surface area contributed by atoms with Crippen molar-refractivity contribution >= 4 is 35.2 Å². The predicted octanol–water partition coefficient (Wildman–Crippen LogP) is 11.2. The number of nitrogens with one attached hydrogen (secondary N) is 4. The van der Waals surface area contributed by atoms with Crippen molar-refractivity contribution in [2.45, 2.75) is 147 Å². The van der Waals surface area contributed by atoms with Crippen molar-refractivity contribution in [2.75, 3.05) is 36.9 Å². The molecule has 1 aliphatic rings. The lowest BCUT2D eigenvalue weighted by atomic mass is 9.77. The zero-order chi connectivity index (χ0) is 48.5. The Morgan fingerprint density at radius 3 is 1.44 bits per heavy atom. The highest BCUT2D eigenvalue weighted by molar-refractivity contribution is 6.08. The van der Waals surface area contributed by atoms with Crippen molar-refractivity contribution in [1.82, 2.24) is 20.6 Å². The molecule has 4 N–H and O–H groups in total. The van der Waals surface area contributed by atoms with Crippen LogP contribution in [0.3, 0.4) is 0 Å². The number of carbonyl (C=O) groups is 4. The predicted molar refractivity (Wildman–Crippen MR) is 266 cm³/mol. The number of alkyl carbamates (subject to hydrolysis) is 1. The molecule has 1 aliphatic carbocycles. The molecule has 0 aliphatic heterocycles. The molecule has 0 radical (unpaired) electrons. The van der Waals surface area contributed by atoms with Crippen LogP contribution >= 0.6 is 0 Å². The molecular weight excluding hydrogens is 829 g/mol. The van der Waals surface area contributed by atoms with E-state index in [1.165, 1.54) is 11.1 Å². The fourth-order valence-electron chi connectivity index (χ4n) is 8.68. The number of carbonyl (C=O) groups excluding carboxylic acids is 4. The lowest BCUT2D eigenvalue weighted by molar-refractivity contribution is 0.0767. The second-order valence-corrected chi connectivity index (χ2v) is 20.4. The molecule has 4 amide bonds. The molecule has 2 aromatic heterocycles. The smallest absolute Gasteiger partial charge is 0.407 e. The van der Waals surface area contributed by atoms with Gasteiger partial charge in [-0.15, -0.1) is 0 Å².